The van der Waals surface area contributed by atoms with E-state index in [2.05, 4.69) is 41.5 Å². The number of methoxy groups -OCH3 is 1. The van der Waals surface area contributed by atoms with Crippen molar-refractivity contribution >= 4 is 33.1 Å². The van der Waals surface area contributed by atoms with Gasteiger partial charge < -0.3 is 10.1 Å². The van der Waals surface area contributed by atoms with Crippen molar-refractivity contribution in [3.63, 3.8) is 0 Å². The van der Waals surface area contributed by atoms with Crippen LogP contribution >= 0.6 is 11.3 Å². The summed E-state index contributed by atoms with van der Waals surface area (Å²) in [4.78, 5) is 17.4. The van der Waals surface area contributed by atoms with Gasteiger partial charge in [-0.2, -0.15) is 0 Å². The summed E-state index contributed by atoms with van der Waals surface area (Å²) < 4.78 is 6.10. The molecular formula is C23H26N2O2S. The summed E-state index contributed by atoms with van der Waals surface area (Å²) in [6, 6.07) is 12.6. The van der Waals surface area contributed by atoms with Crippen molar-refractivity contribution in [1.29, 1.82) is 0 Å². The summed E-state index contributed by atoms with van der Waals surface area (Å²) >= 11 is 1.90. The molecule has 0 radical (unpaired) electrons. The molecule has 0 bridgehead atoms. The third-order valence-electron chi connectivity index (χ3n) is 5.76. The van der Waals surface area contributed by atoms with Crippen LogP contribution in [0.3, 0.4) is 0 Å². The van der Waals surface area contributed by atoms with E-state index in [1.165, 1.54) is 59.7 Å². The number of anilines is 1. The average molecular weight is 395 g/mol. The highest BCUT2D eigenvalue weighted by atomic mass is 32.1. The van der Waals surface area contributed by atoms with Crippen LogP contribution in [0.25, 0.3) is 10.1 Å². The normalized spacial score (nSPS) is 16.1. The number of nitrogens with zero attached hydrogens (tertiary/aromatic N) is 1. The molecule has 1 saturated carbocycles. The van der Waals surface area contributed by atoms with Gasteiger partial charge >= 0.3 is 5.97 Å². The number of benzene rings is 1. The van der Waals surface area contributed by atoms with E-state index in [0.29, 0.717) is 11.6 Å². The molecule has 1 aliphatic rings. The minimum absolute atomic E-state index is 0.267. The second-order valence-corrected chi connectivity index (χ2v) is 8.62. The van der Waals surface area contributed by atoms with Gasteiger partial charge in [0.05, 0.1) is 25.0 Å². The minimum atomic E-state index is -0.407. The zero-order valence-electron chi connectivity index (χ0n) is 16.4. The number of esters is 1. The first-order valence-corrected chi connectivity index (χ1v) is 10.8. The smallest absolute Gasteiger partial charge is 0.356 e. The van der Waals surface area contributed by atoms with Gasteiger partial charge in [-0.15, -0.1) is 11.3 Å². The molecular weight excluding hydrogens is 368 g/mol. The molecule has 1 N–H and O–H groups in total. The van der Waals surface area contributed by atoms with Crippen LogP contribution < -0.4 is 5.32 Å². The van der Waals surface area contributed by atoms with Crippen LogP contribution in [0.1, 0.15) is 59.1 Å². The van der Waals surface area contributed by atoms with Crippen LogP contribution in [0.15, 0.2) is 42.6 Å². The van der Waals surface area contributed by atoms with E-state index in [0.717, 1.165) is 5.69 Å². The van der Waals surface area contributed by atoms with Gasteiger partial charge in [0, 0.05) is 9.58 Å². The SMILES string of the molecule is COC(=O)c1ccc(NC(c2sc3ccccc3c2C)C2CCCCC2)cn1. The maximum Gasteiger partial charge on any atom is 0.356 e. The molecule has 0 amide bonds. The summed E-state index contributed by atoms with van der Waals surface area (Å²) in [5.74, 6) is 0.205. The number of fused-ring (bicyclic) bond motifs is 1. The number of thiophene rings is 1. The second kappa shape index (κ2) is 8.31. The van der Waals surface area contributed by atoms with Crippen LogP contribution in [-0.4, -0.2) is 18.1 Å². The Bertz CT molecular complexity index is 958. The Kier molecular flexibility index (Phi) is 5.62. The number of aryl methyl sites for hydroxylation is 1. The maximum absolute atomic E-state index is 11.7. The zero-order valence-corrected chi connectivity index (χ0v) is 17.2. The van der Waals surface area contributed by atoms with E-state index >= 15 is 0 Å². The first kappa shape index (κ1) is 18.9. The fourth-order valence-corrected chi connectivity index (χ4v) is 5.60. The number of carbonyl (C=O) groups is 1. The fourth-order valence-electron chi connectivity index (χ4n) is 4.24. The maximum atomic E-state index is 11.7. The lowest BCUT2D eigenvalue weighted by Gasteiger charge is -2.31. The molecule has 1 unspecified atom stereocenters. The molecule has 1 fully saturated rings. The standard InChI is InChI=1S/C23H26N2O2S/c1-15-18-10-6-7-11-20(18)28-22(15)21(16-8-4-3-5-9-16)25-17-12-13-19(24-14-17)23(26)27-2/h6-7,10-14,16,21,25H,3-5,8-9H2,1-2H3. The highest BCUT2D eigenvalue weighted by Crippen LogP contribution is 2.43. The van der Waals surface area contributed by atoms with Gasteiger partial charge in [0.2, 0.25) is 0 Å². The van der Waals surface area contributed by atoms with Crippen molar-refractivity contribution in [2.45, 2.75) is 45.1 Å². The van der Waals surface area contributed by atoms with Gasteiger partial charge in [-0.25, -0.2) is 9.78 Å². The summed E-state index contributed by atoms with van der Waals surface area (Å²) in [7, 11) is 1.37. The van der Waals surface area contributed by atoms with Gasteiger partial charge in [-0.1, -0.05) is 37.5 Å². The molecule has 1 atom stereocenters. The average Bonchev–Trinajstić information content (AvgIpc) is 3.09. The molecule has 28 heavy (non-hydrogen) atoms. The van der Waals surface area contributed by atoms with Crippen LogP contribution in [0, 0.1) is 12.8 Å². The lowest BCUT2D eigenvalue weighted by molar-refractivity contribution is 0.0594. The molecule has 2 heterocycles. The number of ether oxygens (including phenoxy) is 1. The zero-order chi connectivity index (χ0) is 19.5. The second-order valence-electron chi connectivity index (χ2n) is 7.53. The van der Waals surface area contributed by atoms with E-state index in [-0.39, 0.29) is 6.04 Å². The topological polar surface area (TPSA) is 51.2 Å². The van der Waals surface area contributed by atoms with Crippen LogP contribution in [0.2, 0.25) is 0 Å². The molecule has 0 aliphatic heterocycles. The van der Waals surface area contributed by atoms with E-state index < -0.39 is 5.97 Å². The largest absolute Gasteiger partial charge is 0.464 e. The summed E-state index contributed by atoms with van der Waals surface area (Å²) in [6.45, 7) is 2.24. The lowest BCUT2D eigenvalue weighted by Crippen LogP contribution is -2.23. The Hall–Kier alpha value is -2.40. The predicted molar refractivity (Wildman–Crippen MR) is 115 cm³/mol. The first-order chi connectivity index (χ1) is 13.7. The number of pyridine rings is 1. The number of aromatic nitrogens is 1. The lowest BCUT2D eigenvalue weighted by atomic mass is 9.82. The van der Waals surface area contributed by atoms with Crippen molar-refractivity contribution in [2.75, 3.05) is 12.4 Å². The van der Waals surface area contributed by atoms with E-state index in [1.54, 1.807) is 12.3 Å². The molecule has 5 heteroatoms. The quantitative estimate of drug-likeness (QED) is 0.529. The number of hydrogen-bond donors (Lipinski definition) is 1. The molecule has 146 valence electrons. The third-order valence-corrected chi connectivity index (χ3v) is 7.12. The molecule has 0 saturated heterocycles. The monoisotopic (exact) mass is 394 g/mol. The summed E-state index contributed by atoms with van der Waals surface area (Å²) in [6.07, 6.45) is 8.17. The molecule has 1 aliphatic carbocycles. The van der Waals surface area contributed by atoms with Crippen LogP contribution in [0.4, 0.5) is 5.69 Å². The molecule has 1 aromatic carbocycles. The highest BCUT2D eigenvalue weighted by Gasteiger charge is 2.28. The number of rotatable bonds is 5. The van der Waals surface area contributed by atoms with Crippen LogP contribution in [-0.2, 0) is 4.74 Å². The van der Waals surface area contributed by atoms with Gasteiger partial charge in [0.1, 0.15) is 5.69 Å². The number of hydrogen-bond acceptors (Lipinski definition) is 5. The van der Waals surface area contributed by atoms with Gasteiger partial charge in [-0.3, -0.25) is 0 Å². The molecule has 4 nitrogen and oxygen atoms in total. The Labute approximate surface area is 169 Å². The highest BCUT2D eigenvalue weighted by molar-refractivity contribution is 7.19. The van der Waals surface area contributed by atoms with Crippen molar-refractivity contribution in [2.24, 2.45) is 5.92 Å². The van der Waals surface area contributed by atoms with Crippen molar-refractivity contribution in [1.82, 2.24) is 4.98 Å². The Morgan fingerprint density at radius 3 is 2.64 bits per heavy atom. The summed E-state index contributed by atoms with van der Waals surface area (Å²) in [5.41, 5.74) is 2.66. The molecule has 3 aromatic rings. The van der Waals surface area contributed by atoms with Crippen LogP contribution in [0.5, 0.6) is 0 Å². The van der Waals surface area contributed by atoms with E-state index in [9.17, 15) is 4.79 Å². The molecule has 2 aromatic heterocycles. The molecule has 0 spiro atoms. The van der Waals surface area contributed by atoms with Crippen molar-refractivity contribution in [3.05, 3.63) is 58.7 Å². The number of nitrogens with one attached hydrogen (secondary N) is 1. The number of carbonyl (C=O) groups excluding carboxylic acids is 1. The molecule has 4 rings (SSSR count). The third kappa shape index (κ3) is 3.76. The summed E-state index contributed by atoms with van der Waals surface area (Å²) in [5, 5.41) is 5.10. The van der Waals surface area contributed by atoms with Gasteiger partial charge in [0.25, 0.3) is 0 Å². The Morgan fingerprint density at radius 2 is 1.96 bits per heavy atom. The van der Waals surface area contributed by atoms with Crippen molar-refractivity contribution in [3.8, 4) is 0 Å². The Morgan fingerprint density at radius 1 is 1.18 bits per heavy atom. The first-order valence-electron chi connectivity index (χ1n) is 9.96. The van der Waals surface area contributed by atoms with E-state index in [1.807, 2.05) is 17.4 Å². The Balaban J connectivity index is 1.67. The predicted octanol–water partition coefficient (Wildman–Crippen LogP) is 6.12. The fraction of sp³-hybridized carbons (Fsp3) is 0.391. The van der Waals surface area contributed by atoms with E-state index in [4.69, 9.17) is 4.74 Å². The van der Waals surface area contributed by atoms with Crippen molar-refractivity contribution < 1.29 is 9.53 Å². The van der Waals surface area contributed by atoms with Gasteiger partial charge in [-0.05, 0) is 54.8 Å². The van der Waals surface area contributed by atoms with Gasteiger partial charge in [0.15, 0.2) is 0 Å². The minimum Gasteiger partial charge on any atom is -0.464 e.